The first-order chi connectivity index (χ1) is 60.4. The number of likely N-dealkylation sites (tertiary alicyclic amines) is 1. The molecule has 1 aromatic heterocycles. The first-order valence-electron chi connectivity index (χ1n) is 46.1. The number of hydrogen-bond donors (Lipinski definition) is 8. The van der Waals surface area contributed by atoms with Crippen LogP contribution in [0.5, 0.6) is 0 Å². The zero-order valence-corrected chi connectivity index (χ0v) is 80.9. The number of allylic oxidation sites excluding steroid dienone is 2. The number of oxazole rings is 1. The van der Waals surface area contributed by atoms with E-state index in [9.17, 15) is 52.7 Å². The number of carbonyl (C=O) groups is 11. The van der Waals surface area contributed by atoms with Crippen molar-refractivity contribution in [1.82, 2.24) is 57.3 Å². The highest BCUT2D eigenvalue weighted by atomic mass is 16.4. The van der Waals surface area contributed by atoms with Crippen LogP contribution in [0.15, 0.2) is 139 Å². The van der Waals surface area contributed by atoms with Gasteiger partial charge in [0.25, 0.3) is 11.8 Å². The Morgan fingerprint density at radius 3 is 1.61 bits per heavy atom. The molecular weight excluding hydrogens is 1630 g/mol. The third kappa shape index (κ3) is 24.7. The van der Waals surface area contributed by atoms with Crippen LogP contribution in [0.1, 0.15) is 294 Å². The summed E-state index contributed by atoms with van der Waals surface area (Å²) in [5.41, 5.74) is 13.0. The second-order valence-corrected chi connectivity index (χ2v) is 40.7. The second kappa shape index (κ2) is 42.1. The molecule has 0 spiro atoms. The number of hydrogen-bond acceptors (Lipinski definition) is 18. The molecule has 2 aliphatic carbocycles. The molecule has 9 aliphatic rings. The Labute approximate surface area is 765 Å². The van der Waals surface area contributed by atoms with E-state index >= 15 is 0 Å². The molecule has 4 unspecified atom stereocenters. The fourth-order valence-electron chi connectivity index (χ4n) is 17.6. The molecule has 0 radical (unpaired) electrons. The van der Waals surface area contributed by atoms with Crippen molar-refractivity contribution in [2.45, 2.75) is 311 Å². The first-order valence-corrected chi connectivity index (χ1v) is 46.1. The monoisotopic (exact) mass is 1770 g/mol. The Bertz CT molecular complexity index is 5040. The number of carbonyl (C=O) groups excluding carboxylic acids is 11. The van der Waals surface area contributed by atoms with Gasteiger partial charge in [0.05, 0.1) is 41.0 Å². The molecule has 4 aromatic carbocycles. The van der Waals surface area contributed by atoms with E-state index in [0.717, 1.165) is 90.6 Å². The number of imide groups is 2. The zero-order valence-electron chi connectivity index (χ0n) is 80.9. The molecule has 11 amide bonds. The Hall–Kier alpha value is -11.2. The molecule has 8 heterocycles. The van der Waals surface area contributed by atoms with E-state index in [2.05, 4.69) is 212 Å². The number of rotatable bonds is 13. The van der Waals surface area contributed by atoms with Gasteiger partial charge in [0.15, 0.2) is 0 Å². The SMILES string of the molecule is C=C1CCC(N(C)C(=O)c2ccc(C(C)(C)C)cc2C)C(=O)N1.C=C1CCC(NC(=O)c2cnc(C(C)(C)C)o2)C(=O)N1.C=C1N(C)c2cc(C(C)(C)C)ccc2N1C1CCC(=O)NC1=O.C=C1N(C)c2ccc(C(C)(C)C)cc2N1C1CCC(=O)NC1=O.CC.CN[C@@H](C)C(=O)N[C@H](C(=O)N1C[C@@H](C(C)(C)C)C[C@H]1C(=O)N[C@@H]1CCCc2ccccc21)C1CCCCC1. The quantitative estimate of drug-likeness (QED) is 0.0508. The largest absolute Gasteiger partial charge is 0.435 e. The fraction of sp³-hybridized carbons (Fsp3) is 0.549. The van der Waals surface area contributed by atoms with E-state index in [-0.39, 0.29) is 128 Å². The van der Waals surface area contributed by atoms with E-state index < -0.39 is 30.1 Å². The molecule has 8 N–H and O–H groups in total. The maximum absolute atomic E-state index is 14.3. The van der Waals surface area contributed by atoms with E-state index in [4.69, 9.17) is 4.42 Å². The Morgan fingerprint density at radius 1 is 0.558 bits per heavy atom. The average molecular weight is 1770 g/mol. The van der Waals surface area contributed by atoms with E-state index in [0.29, 0.717) is 81.5 Å². The maximum atomic E-state index is 14.3. The van der Waals surface area contributed by atoms with Crippen molar-refractivity contribution in [3.8, 4) is 0 Å². The molecule has 0 bridgehead atoms. The van der Waals surface area contributed by atoms with Crippen LogP contribution in [0.3, 0.4) is 0 Å². The number of likely N-dealkylation sites (N-methyl/N-ethyl adjacent to an activating group) is 2. The van der Waals surface area contributed by atoms with Crippen molar-refractivity contribution in [3.05, 3.63) is 185 Å². The number of nitrogens with one attached hydrogen (secondary N) is 8. The molecule has 6 fully saturated rings. The van der Waals surface area contributed by atoms with Crippen molar-refractivity contribution in [2.24, 2.45) is 17.3 Å². The third-order valence-electron chi connectivity index (χ3n) is 26.1. The lowest BCUT2D eigenvalue weighted by Crippen LogP contribution is -2.58. The molecule has 27 heteroatoms. The summed E-state index contributed by atoms with van der Waals surface area (Å²) in [6.45, 7) is 55.9. The topological polar surface area (TPSA) is 329 Å². The van der Waals surface area contributed by atoms with Crippen LogP contribution < -0.4 is 62.1 Å². The molecular formula is C102H145N15O12. The Morgan fingerprint density at radius 2 is 1.09 bits per heavy atom. The number of aryl methyl sites for hydroxylation is 2. The van der Waals surface area contributed by atoms with Crippen molar-refractivity contribution >= 4 is 87.7 Å². The predicted octanol–water partition coefficient (Wildman–Crippen LogP) is 14.8. The highest BCUT2D eigenvalue weighted by Gasteiger charge is 2.49. The van der Waals surface area contributed by atoms with Crippen molar-refractivity contribution in [1.29, 1.82) is 0 Å². The van der Waals surface area contributed by atoms with Gasteiger partial charge in [-0.05, 0) is 195 Å². The van der Waals surface area contributed by atoms with Crippen LogP contribution in [0.25, 0.3) is 0 Å². The van der Waals surface area contributed by atoms with Crippen molar-refractivity contribution in [3.63, 3.8) is 0 Å². The number of fused-ring (bicyclic) bond motifs is 3. The summed E-state index contributed by atoms with van der Waals surface area (Å²) in [5, 5.41) is 22.3. The fourth-order valence-corrected chi connectivity index (χ4v) is 17.6. The Kier molecular flexibility index (Phi) is 33.2. The summed E-state index contributed by atoms with van der Waals surface area (Å²) in [4.78, 5) is 152. The second-order valence-electron chi connectivity index (χ2n) is 40.7. The number of amides is 11. The highest BCUT2D eigenvalue weighted by molar-refractivity contribution is 6.05. The standard InChI is InChI=1S/C31H48N4O3.C19H26N2O2.2C18H23N3O2.C14H19N3O3.C2H6/c1-20(32-5)28(36)34-27(22-13-7-6-8-14-22)30(38)35-19-23(31(2,3)4)18-26(35)29(37)33-25-17-11-15-21-12-9-10-16-24(21)25;1-12-11-14(19(3,4)5)8-9-15(12)18(23)21(6)16-10-7-13(2)20-17(16)22;1-11-20(5)15-10-12(18(2,3)4)6-7-13(15)21(11)14-8-9-16(22)19-17(14)23;1-11-20(5)13-7-6-12(18(2,3)4)10-15(13)21(11)14-8-9-16(22)19-17(14)23;1-8-5-6-9(11(18)16-8)17-12(19)10-7-15-13(20-10)14(2,3)4;1-2/h9-10,12,16,20,22-23,25-27,32H,6-8,11,13-15,17-19H2,1-5H3,(H,33,37)(H,34,36);8-9,11,16H,2,7,10H2,1,3-6H3,(H,20,22);2*6-7,10,14H,1,8-9H2,2-5H3,(H,19,22,23);7,9H,1,5-6H2,2-4H3,(H,16,18)(H,17,19);1-2H3/t20-,23-,25+,26-,27-;;;;;/m0...../s1. The van der Waals surface area contributed by atoms with Crippen molar-refractivity contribution in [2.75, 3.05) is 54.3 Å². The normalized spacial score (nSPS) is 21.7. The first kappa shape index (κ1) is 102. The highest BCUT2D eigenvalue weighted by Crippen LogP contribution is 2.47. The van der Waals surface area contributed by atoms with Crippen LogP contribution in [0, 0.1) is 24.2 Å². The van der Waals surface area contributed by atoms with Gasteiger partial charge in [-0.25, -0.2) is 4.98 Å². The predicted molar refractivity (Wildman–Crippen MR) is 510 cm³/mol. The van der Waals surface area contributed by atoms with Gasteiger partial charge in [-0.3, -0.25) is 63.4 Å². The van der Waals surface area contributed by atoms with Crippen LogP contribution in [0.2, 0.25) is 0 Å². The lowest BCUT2D eigenvalue weighted by Gasteiger charge is -2.36. The van der Waals surface area contributed by atoms with Crippen LogP contribution in [-0.4, -0.2) is 157 Å². The number of anilines is 4. The number of piperidine rings is 4. The molecule has 5 saturated heterocycles. The summed E-state index contributed by atoms with van der Waals surface area (Å²) in [6.07, 6.45) is 14.4. The van der Waals surface area contributed by atoms with Gasteiger partial charge >= 0.3 is 0 Å². The molecule has 5 aromatic rings. The zero-order chi connectivity index (χ0) is 95.6. The summed E-state index contributed by atoms with van der Waals surface area (Å²) >= 11 is 0. The summed E-state index contributed by atoms with van der Waals surface area (Å²) in [7, 11) is 7.35. The minimum atomic E-state index is -0.594. The van der Waals surface area contributed by atoms with Gasteiger partial charge in [0.1, 0.15) is 47.9 Å². The maximum Gasteiger partial charge on any atom is 0.289 e. The van der Waals surface area contributed by atoms with Gasteiger partial charge in [0.2, 0.25) is 64.8 Å². The third-order valence-corrected chi connectivity index (χ3v) is 26.1. The van der Waals surface area contributed by atoms with E-state index in [1.165, 1.54) is 40.4 Å². The Balaban J connectivity index is 0.000000185. The minimum absolute atomic E-state index is 0.0218. The summed E-state index contributed by atoms with van der Waals surface area (Å²) < 4.78 is 5.44. The van der Waals surface area contributed by atoms with Crippen molar-refractivity contribution < 1.29 is 57.2 Å². The number of aromatic nitrogens is 1. The van der Waals surface area contributed by atoms with Crippen LogP contribution >= 0.6 is 0 Å². The average Bonchev–Trinajstić information content (AvgIpc) is 1.60. The lowest BCUT2D eigenvalue weighted by molar-refractivity contribution is -0.143. The lowest BCUT2D eigenvalue weighted by atomic mass is 9.79. The van der Waals surface area contributed by atoms with Gasteiger partial charge in [-0.2, -0.15) is 0 Å². The smallest absolute Gasteiger partial charge is 0.289 e. The molecule has 7 aliphatic heterocycles. The van der Waals surface area contributed by atoms with E-state index in [1.54, 1.807) is 19.0 Å². The van der Waals surface area contributed by atoms with Gasteiger partial charge in [0, 0.05) is 62.9 Å². The molecule has 9 atom stereocenters. The molecule has 14 rings (SSSR count). The minimum Gasteiger partial charge on any atom is -0.435 e. The van der Waals surface area contributed by atoms with Crippen LogP contribution in [-0.2, 0) is 71.2 Å². The van der Waals surface area contributed by atoms with Gasteiger partial charge in [-0.15, -0.1) is 0 Å². The summed E-state index contributed by atoms with van der Waals surface area (Å²) in [5.74, 6) is 0.289. The summed E-state index contributed by atoms with van der Waals surface area (Å²) in [6, 6.07) is 23.6. The van der Waals surface area contributed by atoms with Gasteiger partial charge < -0.3 is 65.7 Å². The molecule has 1 saturated carbocycles. The molecule has 129 heavy (non-hydrogen) atoms. The van der Waals surface area contributed by atoms with Gasteiger partial charge in [-0.1, -0.05) is 212 Å². The van der Waals surface area contributed by atoms with E-state index in [1.807, 2.05) is 111 Å². The number of benzene rings is 4. The van der Waals surface area contributed by atoms with Crippen LogP contribution in [0.4, 0.5) is 22.7 Å². The molecule has 700 valence electrons. The number of nitrogens with zero attached hydrogens (tertiary/aromatic N) is 7. The molecule has 27 nitrogen and oxygen atoms in total.